The zero-order valence-electron chi connectivity index (χ0n) is 15.3. The molecule has 144 valence electrons. The van der Waals surface area contributed by atoms with Gasteiger partial charge in [0.05, 0.1) is 5.56 Å². The standard InChI is InChI=1S/C20H21F2NO4/c1-12(2)16-6-4-5-13(3)18(16)23-17(24)11-26-19(25)14-7-9-15(10-8-14)27-20(21)22/h4-10,12,20H,11H2,1-3H3,(H,23,24). The van der Waals surface area contributed by atoms with E-state index in [2.05, 4.69) is 10.1 Å². The highest BCUT2D eigenvalue weighted by Gasteiger charge is 2.15. The summed E-state index contributed by atoms with van der Waals surface area (Å²) >= 11 is 0. The van der Waals surface area contributed by atoms with Gasteiger partial charge in [-0.25, -0.2) is 4.79 Å². The maximum absolute atomic E-state index is 12.2. The van der Waals surface area contributed by atoms with Gasteiger partial charge in [0.2, 0.25) is 0 Å². The Labute approximate surface area is 156 Å². The zero-order chi connectivity index (χ0) is 20.0. The van der Waals surface area contributed by atoms with Crippen LogP contribution in [0.3, 0.4) is 0 Å². The second-order valence-electron chi connectivity index (χ2n) is 6.22. The van der Waals surface area contributed by atoms with Gasteiger partial charge in [0.15, 0.2) is 6.61 Å². The molecule has 0 bridgehead atoms. The van der Waals surface area contributed by atoms with E-state index in [4.69, 9.17) is 4.74 Å². The lowest BCUT2D eigenvalue weighted by atomic mass is 9.98. The number of rotatable bonds is 7. The highest BCUT2D eigenvalue weighted by atomic mass is 19.3. The maximum Gasteiger partial charge on any atom is 0.387 e. The maximum atomic E-state index is 12.2. The Hall–Kier alpha value is -2.96. The molecule has 0 fully saturated rings. The first kappa shape index (κ1) is 20.4. The molecule has 7 heteroatoms. The molecule has 0 aliphatic rings. The highest BCUT2D eigenvalue weighted by molar-refractivity contribution is 5.96. The van der Waals surface area contributed by atoms with Crippen LogP contribution in [0, 0.1) is 6.92 Å². The van der Waals surface area contributed by atoms with Gasteiger partial charge in [-0.2, -0.15) is 8.78 Å². The van der Waals surface area contributed by atoms with Crippen molar-refractivity contribution in [1.29, 1.82) is 0 Å². The normalized spacial score (nSPS) is 10.8. The van der Waals surface area contributed by atoms with Gasteiger partial charge >= 0.3 is 12.6 Å². The number of amides is 1. The van der Waals surface area contributed by atoms with Crippen molar-refractivity contribution in [3.8, 4) is 5.75 Å². The van der Waals surface area contributed by atoms with Gasteiger partial charge in [-0.05, 0) is 48.2 Å². The third kappa shape index (κ3) is 5.77. The summed E-state index contributed by atoms with van der Waals surface area (Å²) in [5.74, 6) is -1.04. The number of carbonyl (C=O) groups excluding carboxylic acids is 2. The highest BCUT2D eigenvalue weighted by Crippen LogP contribution is 2.27. The van der Waals surface area contributed by atoms with Crippen LogP contribution in [0.15, 0.2) is 42.5 Å². The SMILES string of the molecule is Cc1cccc(C(C)C)c1NC(=O)COC(=O)c1ccc(OC(F)F)cc1. The molecule has 0 aromatic heterocycles. The fourth-order valence-corrected chi connectivity index (χ4v) is 2.50. The largest absolute Gasteiger partial charge is 0.452 e. The minimum absolute atomic E-state index is 0.0694. The molecule has 0 unspecified atom stereocenters. The number of hydrogen-bond acceptors (Lipinski definition) is 4. The van der Waals surface area contributed by atoms with Crippen molar-refractivity contribution in [2.24, 2.45) is 0 Å². The number of benzene rings is 2. The van der Waals surface area contributed by atoms with E-state index in [0.717, 1.165) is 11.1 Å². The van der Waals surface area contributed by atoms with Gasteiger partial charge in [0.25, 0.3) is 5.91 Å². The number of esters is 1. The number of ether oxygens (including phenoxy) is 2. The van der Waals surface area contributed by atoms with Crippen LogP contribution in [0.1, 0.15) is 41.3 Å². The minimum atomic E-state index is -2.94. The molecule has 0 heterocycles. The van der Waals surface area contributed by atoms with Crippen LogP contribution in [0.2, 0.25) is 0 Å². The summed E-state index contributed by atoms with van der Waals surface area (Å²) in [7, 11) is 0. The number of carbonyl (C=O) groups is 2. The Morgan fingerprint density at radius 2 is 1.74 bits per heavy atom. The van der Waals surface area contributed by atoms with E-state index in [0.29, 0.717) is 5.69 Å². The lowest BCUT2D eigenvalue weighted by molar-refractivity contribution is -0.119. The smallest absolute Gasteiger partial charge is 0.387 e. The first-order valence-corrected chi connectivity index (χ1v) is 8.39. The molecule has 0 aliphatic carbocycles. The summed E-state index contributed by atoms with van der Waals surface area (Å²) in [6.45, 7) is 2.53. The summed E-state index contributed by atoms with van der Waals surface area (Å²) < 4.78 is 33.4. The fourth-order valence-electron chi connectivity index (χ4n) is 2.50. The van der Waals surface area contributed by atoms with Crippen molar-refractivity contribution in [3.05, 3.63) is 59.2 Å². The van der Waals surface area contributed by atoms with Crippen molar-refractivity contribution >= 4 is 17.6 Å². The van der Waals surface area contributed by atoms with Crippen molar-refractivity contribution < 1.29 is 27.8 Å². The van der Waals surface area contributed by atoms with Gasteiger partial charge in [-0.1, -0.05) is 32.0 Å². The number of anilines is 1. The number of nitrogens with one attached hydrogen (secondary N) is 1. The number of para-hydroxylation sites is 1. The van der Waals surface area contributed by atoms with Crippen LogP contribution in [0.4, 0.5) is 14.5 Å². The molecule has 0 atom stereocenters. The number of halogens is 2. The lowest BCUT2D eigenvalue weighted by Crippen LogP contribution is -2.22. The van der Waals surface area contributed by atoms with E-state index in [1.807, 2.05) is 39.0 Å². The molecule has 1 N–H and O–H groups in total. The van der Waals surface area contributed by atoms with Crippen molar-refractivity contribution in [1.82, 2.24) is 0 Å². The average Bonchev–Trinajstić information content (AvgIpc) is 2.61. The Bertz CT molecular complexity index is 804. The van der Waals surface area contributed by atoms with Crippen LogP contribution in [0.25, 0.3) is 0 Å². The molecule has 0 radical (unpaired) electrons. The predicted molar refractivity (Wildman–Crippen MR) is 97.3 cm³/mol. The summed E-state index contributed by atoms with van der Waals surface area (Å²) in [6.07, 6.45) is 0. The summed E-state index contributed by atoms with van der Waals surface area (Å²) in [5.41, 5.74) is 2.74. The van der Waals surface area contributed by atoms with Crippen molar-refractivity contribution in [3.63, 3.8) is 0 Å². The molecule has 0 aliphatic heterocycles. The molecule has 2 aromatic carbocycles. The molecule has 2 aromatic rings. The van der Waals surface area contributed by atoms with Crippen LogP contribution in [0.5, 0.6) is 5.75 Å². The van der Waals surface area contributed by atoms with Gasteiger partial charge in [-0.15, -0.1) is 0 Å². The van der Waals surface area contributed by atoms with Crippen LogP contribution >= 0.6 is 0 Å². The summed E-state index contributed by atoms with van der Waals surface area (Å²) in [5, 5.41) is 2.78. The molecule has 2 rings (SSSR count). The molecule has 1 amide bonds. The molecule has 0 saturated heterocycles. The van der Waals surface area contributed by atoms with Crippen LogP contribution in [-0.4, -0.2) is 25.1 Å². The topological polar surface area (TPSA) is 64.6 Å². The monoisotopic (exact) mass is 377 g/mol. The van der Waals surface area contributed by atoms with Gasteiger partial charge < -0.3 is 14.8 Å². The van der Waals surface area contributed by atoms with Gasteiger partial charge in [0, 0.05) is 5.69 Å². The second kappa shape index (κ2) is 9.12. The molecule has 27 heavy (non-hydrogen) atoms. The number of aryl methyl sites for hydroxylation is 1. The van der Waals surface area contributed by atoms with E-state index in [9.17, 15) is 18.4 Å². The van der Waals surface area contributed by atoms with Crippen LogP contribution < -0.4 is 10.1 Å². The Balaban J connectivity index is 1.95. The van der Waals surface area contributed by atoms with Gasteiger partial charge in [-0.3, -0.25) is 4.79 Å². The average molecular weight is 377 g/mol. The van der Waals surface area contributed by atoms with E-state index < -0.39 is 25.1 Å². The van der Waals surface area contributed by atoms with Gasteiger partial charge in [0.1, 0.15) is 5.75 Å². The number of alkyl halides is 2. The second-order valence-corrected chi connectivity index (χ2v) is 6.22. The molecular formula is C20H21F2NO4. The minimum Gasteiger partial charge on any atom is -0.452 e. The zero-order valence-corrected chi connectivity index (χ0v) is 15.3. The van der Waals surface area contributed by atoms with Crippen molar-refractivity contribution in [2.45, 2.75) is 33.3 Å². The Morgan fingerprint density at radius 3 is 2.33 bits per heavy atom. The quantitative estimate of drug-likeness (QED) is 0.721. The van der Waals surface area contributed by atoms with Crippen LogP contribution in [-0.2, 0) is 9.53 Å². The molecular weight excluding hydrogens is 356 g/mol. The Kier molecular flexibility index (Phi) is 6.87. The van der Waals surface area contributed by atoms with E-state index >= 15 is 0 Å². The Morgan fingerprint density at radius 1 is 1.07 bits per heavy atom. The first-order chi connectivity index (χ1) is 12.8. The number of hydrogen-bond donors (Lipinski definition) is 1. The lowest BCUT2D eigenvalue weighted by Gasteiger charge is -2.16. The predicted octanol–water partition coefficient (Wildman–Crippen LogP) is 4.52. The fraction of sp³-hybridized carbons (Fsp3) is 0.300. The third-order valence-corrected chi connectivity index (χ3v) is 3.84. The van der Waals surface area contributed by atoms with E-state index in [-0.39, 0.29) is 17.2 Å². The summed E-state index contributed by atoms with van der Waals surface area (Å²) in [6, 6.07) is 10.8. The van der Waals surface area contributed by atoms with Crippen molar-refractivity contribution in [2.75, 3.05) is 11.9 Å². The first-order valence-electron chi connectivity index (χ1n) is 8.39. The molecule has 0 spiro atoms. The molecule has 0 saturated carbocycles. The summed E-state index contributed by atoms with van der Waals surface area (Å²) in [4.78, 5) is 24.1. The molecule has 5 nitrogen and oxygen atoms in total. The third-order valence-electron chi connectivity index (χ3n) is 3.84. The van der Waals surface area contributed by atoms with E-state index in [1.54, 1.807) is 0 Å². The van der Waals surface area contributed by atoms with E-state index in [1.165, 1.54) is 24.3 Å².